The Morgan fingerprint density at radius 3 is 2.42 bits per heavy atom. The van der Waals surface area contributed by atoms with Crippen LogP contribution in [0.3, 0.4) is 0 Å². The highest BCUT2D eigenvalue weighted by molar-refractivity contribution is 7.99. The molecule has 0 aliphatic carbocycles. The predicted molar refractivity (Wildman–Crippen MR) is 122 cm³/mol. The van der Waals surface area contributed by atoms with Crippen LogP contribution in [0.4, 0.5) is 10.5 Å². The van der Waals surface area contributed by atoms with Crippen LogP contribution >= 0.6 is 23.4 Å². The van der Waals surface area contributed by atoms with E-state index in [4.69, 9.17) is 11.6 Å². The number of nitrogens with zero attached hydrogens (tertiary/aromatic N) is 1. The number of aryl methyl sites for hydroxylation is 1. The van der Waals surface area contributed by atoms with Crippen LogP contribution in [-0.2, 0) is 9.59 Å². The van der Waals surface area contributed by atoms with Crippen molar-refractivity contribution in [2.75, 3.05) is 4.90 Å². The third kappa shape index (κ3) is 4.55. The Kier molecular flexibility index (Phi) is 5.93. The number of carbonyl (C=O) groups is 3. The third-order valence-corrected chi connectivity index (χ3v) is 5.97. The molecule has 3 aromatic rings. The molecule has 1 saturated heterocycles. The van der Waals surface area contributed by atoms with E-state index < -0.39 is 17.8 Å². The quantitative estimate of drug-likeness (QED) is 0.424. The molecule has 7 heteroatoms. The Bertz CT molecular complexity index is 1220. The topological polar surface area (TPSA) is 66.5 Å². The molecule has 0 unspecified atom stereocenters. The Morgan fingerprint density at radius 1 is 0.935 bits per heavy atom. The zero-order valence-electron chi connectivity index (χ0n) is 16.5. The Hall–Kier alpha value is -3.35. The molecule has 4 amide bonds. The molecule has 1 aliphatic rings. The molecule has 0 saturated carbocycles. The number of barbiturate groups is 1. The Morgan fingerprint density at radius 2 is 1.68 bits per heavy atom. The SMILES string of the molecule is Cc1cccc(N2C(=O)NC(=O)/C(=C\c3ccccc3Sc3ccc(Cl)cc3)C2=O)c1. The molecule has 1 N–H and O–H groups in total. The number of nitrogens with one attached hydrogen (secondary N) is 1. The lowest BCUT2D eigenvalue weighted by Crippen LogP contribution is -2.54. The van der Waals surface area contributed by atoms with E-state index in [1.165, 1.54) is 17.8 Å². The van der Waals surface area contributed by atoms with Crippen molar-refractivity contribution in [3.63, 3.8) is 0 Å². The number of halogens is 1. The molecule has 1 aliphatic heterocycles. The number of hydrogen-bond acceptors (Lipinski definition) is 4. The molecule has 0 atom stereocenters. The summed E-state index contributed by atoms with van der Waals surface area (Å²) in [6.45, 7) is 1.86. The number of carbonyl (C=O) groups excluding carboxylic acids is 3. The van der Waals surface area contributed by atoms with Gasteiger partial charge in [-0.1, -0.05) is 53.7 Å². The van der Waals surface area contributed by atoms with Gasteiger partial charge in [0, 0.05) is 14.8 Å². The minimum Gasteiger partial charge on any atom is -0.273 e. The van der Waals surface area contributed by atoms with Gasteiger partial charge >= 0.3 is 6.03 Å². The highest BCUT2D eigenvalue weighted by atomic mass is 35.5. The largest absolute Gasteiger partial charge is 0.335 e. The van der Waals surface area contributed by atoms with Crippen LogP contribution in [0.25, 0.3) is 6.08 Å². The molecular formula is C24H17ClN2O3S. The lowest BCUT2D eigenvalue weighted by Gasteiger charge is -2.26. The molecule has 0 spiro atoms. The van der Waals surface area contributed by atoms with Crippen molar-refractivity contribution in [1.29, 1.82) is 0 Å². The number of imide groups is 2. The number of amides is 4. The number of anilines is 1. The van der Waals surface area contributed by atoms with Crippen molar-refractivity contribution >= 4 is 53.0 Å². The fourth-order valence-corrected chi connectivity index (χ4v) is 4.18. The molecule has 5 nitrogen and oxygen atoms in total. The van der Waals surface area contributed by atoms with Crippen molar-refractivity contribution in [3.05, 3.63) is 94.5 Å². The first-order chi connectivity index (χ1) is 14.9. The van der Waals surface area contributed by atoms with Gasteiger partial charge in [-0.3, -0.25) is 14.9 Å². The van der Waals surface area contributed by atoms with E-state index in [-0.39, 0.29) is 5.57 Å². The average Bonchev–Trinajstić information content (AvgIpc) is 2.74. The van der Waals surface area contributed by atoms with Gasteiger partial charge in [-0.05, 0) is 66.6 Å². The fourth-order valence-electron chi connectivity index (χ4n) is 3.14. The van der Waals surface area contributed by atoms with Gasteiger partial charge in [0.1, 0.15) is 5.57 Å². The average molecular weight is 449 g/mol. The maximum Gasteiger partial charge on any atom is 0.335 e. The summed E-state index contributed by atoms with van der Waals surface area (Å²) in [4.78, 5) is 40.8. The summed E-state index contributed by atoms with van der Waals surface area (Å²) >= 11 is 7.45. The van der Waals surface area contributed by atoms with Crippen molar-refractivity contribution < 1.29 is 14.4 Å². The van der Waals surface area contributed by atoms with E-state index in [1.54, 1.807) is 30.3 Å². The van der Waals surface area contributed by atoms with Crippen LogP contribution < -0.4 is 10.2 Å². The summed E-state index contributed by atoms with van der Waals surface area (Å²) in [5, 5.41) is 2.90. The van der Waals surface area contributed by atoms with Gasteiger partial charge in [-0.25, -0.2) is 9.69 Å². The summed E-state index contributed by atoms with van der Waals surface area (Å²) in [6, 6.07) is 21.0. The van der Waals surface area contributed by atoms with E-state index in [0.29, 0.717) is 16.3 Å². The Labute approximate surface area is 188 Å². The van der Waals surface area contributed by atoms with Gasteiger partial charge in [0.25, 0.3) is 11.8 Å². The molecule has 4 rings (SSSR count). The first-order valence-electron chi connectivity index (χ1n) is 9.43. The molecule has 31 heavy (non-hydrogen) atoms. The first-order valence-corrected chi connectivity index (χ1v) is 10.6. The summed E-state index contributed by atoms with van der Waals surface area (Å²) in [7, 11) is 0. The lowest BCUT2D eigenvalue weighted by atomic mass is 10.1. The van der Waals surface area contributed by atoms with Crippen molar-refractivity contribution in [3.8, 4) is 0 Å². The van der Waals surface area contributed by atoms with Crippen LogP contribution in [-0.4, -0.2) is 17.8 Å². The molecule has 0 radical (unpaired) electrons. The van der Waals surface area contributed by atoms with Gasteiger partial charge in [0.15, 0.2) is 0 Å². The highest BCUT2D eigenvalue weighted by Gasteiger charge is 2.36. The molecule has 0 aromatic heterocycles. The van der Waals surface area contributed by atoms with Gasteiger partial charge in [-0.15, -0.1) is 0 Å². The normalized spacial score (nSPS) is 15.4. The van der Waals surface area contributed by atoms with E-state index in [2.05, 4.69) is 5.32 Å². The fraction of sp³-hybridized carbons (Fsp3) is 0.0417. The van der Waals surface area contributed by atoms with Gasteiger partial charge in [0.05, 0.1) is 5.69 Å². The van der Waals surface area contributed by atoms with Crippen LogP contribution in [0.1, 0.15) is 11.1 Å². The maximum atomic E-state index is 13.1. The monoisotopic (exact) mass is 448 g/mol. The number of urea groups is 1. The van der Waals surface area contributed by atoms with Gasteiger partial charge in [-0.2, -0.15) is 0 Å². The van der Waals surface area contributed by atoms with E-state index in [1.807, 2.05) is 49.4 Å². The van der Waals surface area contributed by atoms with E-state index in [0.717, 1.165) is 20.3 Å². The summed E-state index contributed by atoms with van der Waals surface area (Å²) in [5.41, 5.74) is 1.89. The van der Waals surface area contributed by atoms with Crippen LogP contribution in [0.5, 0.6) is 0 Å². The zero-order chi connectivity index (χ0) is 22.0. The van der Waals surface area contributed by atoms with E-state index in [9.17, 15) is 14.4 Å². The summed E-state index contributed by atoms with van der Waals surface area (Å²) in [6.07, 6.45) is 1.52. The van der Waals surface area contributed by atoms with E-state index >= 15 is 0 Å². The van der Waals surface area contributed by atoms with Crippen molar-refractivity contribution in [2.24, 2.45) is 0 Å². The maximum absolute atomic E-state index is 13.1. The second-order valence-electron chi connectivity index (χ2n) is 6.89. The minimum atomic E-state index is -0.762. The number of benzene rings is 3. The van der Waals surface area contributed by atoms with Crippen LogP contribution in [0.2, 0.25) is 5.02 Å². The van der Waals surface area contributed by atoms with Gasteiger partial charge < -0.3 is 0 Å². The molecule has 1 fully saturated rings. The predicted octanol–water partition coefficient (Wildman–Crippen LogP) is 5.47. The molecule has 3 aromatic carbocycles. The number of hydrogen-bond donors (Lipinski definition) is 1. The van der Waals surface area contributed by atoms with Gasteiger partial charge in [0.2, 0.25) is 0 Å². The highest BCUT2D eigenvalue weighted by Crippen LogP contribution is 2.33. The second-order valence-corrected chi connectivity index (χ2v) is 8.44. The minimum absolute atomic E-state index is 0.106. The Balaban J connectivity index is 1.70. The van der Waals surface area contributed by atoms with Crippen LogP contribution in [0.15, 0.2) is 88.2 Å². The summed E-state index contributed by atoms with van der Waals surface area (Å²) < 4.78 is 0. The molecule has 1 heterocycles. The first kappa shape index (κ1) is 20.9. The van der Waals surface area contributed by atoms with Crippen LogP contribution in [0, 0.1) is 6.92 Å². The molecule has 154 valence electrons. The van der Waals surface area contributed by atoms with Crippen molar-refractivity contribution in [2.45, 2.75) is 16.7 Å². The second kappa shape index (κ2) is 8.79. The molecule has 0 bridgehead atoms. The summed E-state index contributed by atoms with van der Waals surface area (Å²) in [5.74, 6) is -1.38. The molecular weight excluding hydrogens is 432 g/mol. The third-order valence-electron chi connectivity index (χ3n) is 4.62. The van der Waals surface area contributed by atoms with Crippen molar-refractivity contribution in [1.82, 2.24) is 5.32 Å². The lowest BCUT2D eigenvalue weighted by molar-refractivity contribution is -0.122. The number of rotatable bonds is 4. The smallest absolute Gasteiger partial charge is 0.273 e. The zero-order valence-corrected chi connectivity index (χ0v) is 18.0. The standard InChI is InChI=1S/C24H17ClN2O3S/c1-15-5-4-7-18(13-15)27-23(29)20(22(28)26-24(27)30)14-16-6-2-3-8-21(16)31-19-11-9-17(25)10-12-19/h2-14H,1H3,(H,26,28,30)/b20-14+.